The summed E-state index contributed by atoms with van der Waals surface area (Å²) in [5.74, 6) is -1.16. The molecule has 1 atom stereocenters. The van der Waals surface area contributed by atoms with Crippen LogP contribution in [0.15, 0.2) is 18.2 Å². The second-order valence-electron chi connectivity index (χ2n) is 4.36. The van der Waals surface area contributed by atoms with Gasteiger partial charge in [-0.25, -0.2) is 0 Å². The number of rotatable bonds is 4. The smallest absolute Gasteiger partial charge is 0.305 e. The van der Waals surface area contributed by atoms with Gasteiger partial charge >= 0.3 is 5.97 Å². The maximum absolute atomic E-state index is 11.8. The zero-order valence-electron chi connectivity index (χ0n) is 10.8. The summed E-state index contributed by atoms with van der Waals surface area (Å²) in [6, 6.07) is 4.64. The second kappa shape index (κ2) is 5.60. The lowest BCUT2D eigenvalue weighted by Crippen LogP contribution is -2.34. The van der Waals surface area contributed by atoms with Crippen molar-refractivity contribution >= 4 is 23.5 Å². The van der Waals surface area contributed by atoms with Crippen LogP contribution >= 0.6 is 0 Å². The first-order chi connectivity index (χ1) is 9.47. The molecule has 3 N–H and O–H groups in total. The number of ether oxygens (including phenoxy) is 1. The Morgan fingerprint density at radius 2 is 2.20 bits per heavy atom. The van der Waals surface area contributed by atoms with E-state index >= 15 is 0 Å². The van der Waals surface area contributed by atoms with Crippen molar-refractivity contribution in [2.75, 3.05) is 11.9 Å². The van der Waals surface area contributed by atoms with Crippen molar-refractivity contribution in [3.63, 3.8) is 0 Å². The number of amides is 2. The van der Waals surface area contributed by atoms with Crippen molar-refractivity contribution in [3.05, 3.63) is 23.8 Å². The third-order valence-corrected chi connectivity index (χ3v) is 2.80. The molecule has 0 aliphatic carbocycles. The molecule has 1 unspecified atom stereocenters. The number of nitrogens with one attached hydrogen (secondary N) is 2. The first-order valence-electron chi connectivity index (χ1n) is 6.09. The topological polar surface area (TPSA) is 105 Å². The number of fused-ring (bicyclic) bond motifs is 1. The van der Waals surface area contributed by atoms with Gasteiger partial charge in [0.2, 0.25) is 0 Å². The van der Waals surface area contributed by atoms with Crippen LogP contribution in [0.5, 0.6) is 5.75 Å². The first-order valence-corrected chi connectivity index (χ1v) is 6.09. The van der Waals surface area contributed by atoms with E-state index in [1.165, 1.54) is 6.07 Å². The highest BCUT2D eigenvalue weighted by Gasteiger charge is 2.24. The predicted molar refractivity (Wildman–Crippen MR) is 69.7 cm³/mol. The largest absolute Gasteiger partial charge is 0.481 e. The molecule has 0 bridgehead atoms. The van der Waals surface area contributed by atoms with Crippen LogP contribution < -0.4 is 15.4 Å². The molecule has 0 saturated carbocycles. The van der Waals surface area contributed by atoms with Crippen LogP contribution in [0.1, 0.15) is 23.7 Å². The fourth-order valence-corrected chi connectivity index (χ4v) is 1.74. The molecule has 1 aliphatic rings. The molecule has 1 heterocycles. The SMILES string of the molecule is CC1Oc2ccc(C(=O)NCCC(=O)O)cc2NC1=O. The van der Waals surface area contributed by atoms with Crippen LogP contribution in [0.3, 0.4) is 0 Å². The molecule has 0 saturated heterocycles. The number of benzene rings is 1. The zero-order chi connectivity index (χ0) is 14.7. The minimum atomic E-state index is -0.981. The Morgan fingerprint density at radius 1 is 1.45 bits per heavy atom. The number of anilines is 1. The van der Waals surface area contributed by atoms with Crippen LogP contribution in [0, 0.1) is 0 Å². The van der Waals surface area contributed by atoms with E-state index in [-0.39, 0.29) is 18.9 Å². The highest BCUT2D eigenvalue weighted by Crippen LogP contribution is 2.30. The van der Waals surface area contributed by atoms with Gasteiger partial charge < -0.3 is 20.5 Å². The van der Waals surface area contributed by atoms with E-state index in [1.807, 2.05) is 0 Å². The zero-order valence-corrected chi connectivity index (χ0v) is 10.8. The number of carboxylic acids is 1. The maximum atomic E-state index is 11.8. The van der Waals surface area contributed by atoms with Crippen LogP contribution in [0.4, 0.5) is 5.69 Å². The Balaban J connectivity index is 2.07. The van der Waals surface area contributed by atoms with E-state index in [2.05, 4.69) is 10.6 Å². The van der Waals surface area contributed by atoms with E-state index in [9.17, 15) is 14.4 Å². The average molecular weight is 278 g/mol. The van der Waals surface area contributed by atoms with Crippen LogP contribution in [0.2, 0.25) is 0 Å². The summed E-state index contributed by atoms with van der Waals surface area (Å²) in [4.78, 5) is 33.6. The van der Waals surface area contributed by atoms with Crippen molar-refractivity contribution < 1.29 is 24.2 Å². The van der Waals surface area contributed by atoms with E-state index < -0.39 is 18.0 Å². The fourth-order valence-electron chi connectivity index (χ4n) is 1.74. The van der Waals surface area contributed by atoms with Gasteiger partial charge in [0.15, 0.2) is 6.10 Å². The minimum absolute atomic E-state index is 0.0468. The Kier molecular flexibility index (Phi) is 3.88. The van der Waals surface area contributed by atoms with Gasteiger partial charge in [0.1, 0.15) is 5.75 Å². The molecule has 7 heteroatoms. The number of aliphatic carboxylic acids is 1. The van der Waals surface area contributed by atoms with Crippen LogP contribution in [0.25, 0.3) is 0 Å². The molecule has 20 heavy (non-hydrogen) atoms. The standard InChI is InChI=1S/C13H14N2O5/c1-7-12(18)15-9-6-8(2-3-10(9)20-7)13(19)14-5-4-11(16)17/h2-3,6-7H,4-5H2,1H3,(H,14,19)(H,15,18)(H,16,17). The lowest BCUT2D eigenvalue weighted by molar-refractivity contribution is -0.136. The van der Waals surface area contributed by atoms with Gasteiger partial charge in [0, 0.05) is 12.1 Å². The van der Waals surface area contributed by atoms with E-state index in [0.717, 1.165) is 0 Å². The Morgan fingerprint density at radius 3 is 2.90 bits per heavy atom. The van der Waals surface area contributed by atoms with Crippen LogP contribution in [-0.2, 0) is 9.59 Å². The summed E-state index contributed by atoms with van der Waals surface area (Å²) in [5.41, 5.74) is 0.756. The normalized spacial score (nSPS) is 16.6. The van der Waals surface area contributed by atoms with Crippen LogP contribution in [-0.4, -0.2) is 35.5 Å². The highest BCUT2D eigenvalue weighted by molar-refractivity contribution is 6.00. The second-order valence-corrected chi connectivity index (χ2v) is 4.36. The van der Waals surface area contributed by atoms with Gasteiger partial charge in [-0.1, -0.05) is 0 Å². The molecule has 2 rings (SSSR count). The van der Waals surface area contributed by atoms with E-state index in [4.69, 9.17) is 9.84 Å². The number of carbonyl (C=O) groups is 3. The first kappa shape index (κ1) is 13.9. The predicted octanol–water partition coefficient (Wildman–Crippen LogP) is 0.610. The van der Waals surface area contributed by atoms with Crippen molar-refractivity contribution in [2.45, 2.75) is 19.4 Å². The monoisotopic (exact) mass is 278 g/mol. The number of carbonyl (C=O) groups excluding carboxylic acids is 2. The molecule has 1 aliphatic heterocycles. The number of carboxylic acid groups (broad SMARTS) is 1. The molecule has 1 aromatic carbocycles. The van der Waals surface area contributed by atoms with Crippen molar-refractivity contribution in [2.24, 2.45) is 0 Å². The maximum Gasteiger partial charge on any atom is 0.305 e. The van der Waals surface area contributed by atoms with Crippen molar-refractivity contribution in [1.82, 2.24) is 5.32 Å². The summed E-state index contributed by atoms with van der Waals surface area (Å²) in [5, 5.41) is 13.6. The van der Waals surface area contributed by atoms with Gasteiger partial charge in [-0.05, 0) is 25.1 Å². The lowest BCUT2D eigenvalue weighted by Gasteiger charge is -2.23. The van der Waals surface area contributed by atoms with Crippen molar-refractivity contribution in [1.29, 1.82) is 0 Å². The summed E-state index contributed by atoms with van der Waals surface area (Å²) in [6.07, 6.45) is -0.716. The van der Waals surface area contributed by atoms with Gasteiger partial charge in [0.05, 0.1) is 12.1 Å². The Labute approximate surface area is 114 Å². The molecule has 2 amide bonds. The summed E-state index contributed by atoms with van der Waals surface area (Å²) in [6.45, 7) is 1.68. The van der Waals surface area contributed by atoms with Crippen molar-refractivity contribution in [3.8, 4) is 5.75 Å². The minimum Gasteiger partial charge on any atom is -0.481 e. The Hall–Kier alpha value is -2.57. The fraction of sp³-hybridized carbons (Fsp3) is 0.308. The van der Waals surface area contributed by atoms with Gasteiger partial charge in [0.25, 0.3) is 11.8 Å². The van der Waals surface area contributed by atoms with E-state index in [0.29, 0.717) is 17.0 Å². The van der Waals surface area contributed by atoms with E-state index in [1.54, 1.807) is 19.1 Å². The molecule has 106 valence electrons. The molecule has 0 spiro atoms. The summed E-state index contributed by atoms with van der Waals surface area (Å²) < 4.78 is 5.37. The van der Waals surface area contributed by atoms with Gasteiger partial charge in [-0.3, -0.25) is 14.4 Å². The molecular formula is C13H14N2O5. The summed E-state index contributed by atoms with van der Waals surface area (Å²) >= 11 is 0. The lowest BCUT2D eigenvalue weighted by atomic mass is 10.1. The van der Waals surface area contributed by atoms with Gasteiger partial charge in [-0.2, -0.15) is 0 Å². The molecule has 1 aromatic rings. The molecular weight excluding hydrogens is 264 g/mol. The van der Waals surface area contributed by atoms with Gasteiger partial charge in [-0.15, -0.1) is 0 Å². The quantitative estimate of drug-likeness (QED) is 0.748. The molecule has 0 fully saturated rings. The third kappa shape index (κ3) is 3.05. The third-order valence-electron chi connectivity index (χ3n) is 2.80. The average Bonchev–Trinajstić information content (AvgIpc) is 2.39. The molecule has 7 nitrogen and oxygen atoms in total. The highest BCUT2D eigenvalue weighted by atomic mass is 16.5. The molecule has 0 aromatic heterocycles. The Bertz CT molecular complexity index is 570. The summed E-state index contributed by atoms with van der Waals surface area (Å²) in [7, 11) is 0. The number of hydrogen-bond donors (Lipinski definition) is 3. The number of hydrogen-bond acceptors (Lipinski definition) is 4. The molecule has 0 radical (unpaired) electrons.